The highest BCUT2D eigenvalue weighted by molar-refractivity contribution is 5.50. The Bertz CT molecular complexity index is 933. The molecule has 0 amide bonds. The Morgan fingerprint density at radius 2 is 0.966 bits per heavy atom. The van der Waals surface area contributed by atoms with E-state index in [-0.39, 0.29) is 0 Å². The predicted molar refractivity (Wildman–Crippen MR) is 125 cm³/mol. The van der Waals surface area contributed by atoms with Gasteiger partial charge >= 0.3 is 0 Å². The van der Waals surface area contributed by atoms with Crippen molar-refractivity contribution in [3.8, 4) is 0 Å². The van der Waals surface area contributed by atoms with E-state index in [1.165, 1.54) is 0 Å². The van der Waals surface area contributed by atoms with Crippen LogP contribution in [0.15, 0.2) is 134 Å². The van der Waals surface area contributed by atoms with Crippen LogP contribution in [0.25, 0.3) is 12.2 Å². The van der Waals surface area contributed by atoms with Crippen molar-refractivity contribution in [3.63, 3.8) is 0 Å². The Balaban J connectivity index is 1.57. The third-order valence-electron chi connectivity index (χ3n) is 3.43. The summed E-state index contributed by atoms with van der Waals surface area (Å²) in [5.41, 5.74) is 1.14. The van der Waals surface area contributed by atoms with E-state index >= 15 is 0 Å². The third kappa shape index (κ3) is 11.4. The minimum atomic E-state index is 0.848. The Kier molecular flexibility index (Phi) is 11.1. The van der Waals surface area contributed by atoms with Crippen molar-refractivity contribution >= 4 is 12.2 Å². The fourth-order valence-electron chi connectivity index (χ4n) is 2.05. The van der Waals surface area contributed by atoms with Gasteiger partial charge in [-0.2, -0.15) is 0 Å². The first-order valence-electron chi connectivity index (χ1n) is 9.36. The first-order valence-corrected chi connectivity index (χ1v) is 9.36. The lowest BCUT2D eigenvalue weighted by Crippen LogP contribution is -1.70. The molecule has 0 radical (unpaired) electrons. The third-order valence-corrected chi connectivity index (χ3v) is 3.43. The van der Waals surface area contributed by atoms with Crippen molar-refractivity contribution in [1.82, 2.24) is 15.0 Å². The molecule has 0 unspecified atom stereocenters. The number of hydrogen-bond acceptors (Lipinski definition) is 2. The molecule has 0 aliphatic carbocycles. The van der Waals surface area contributed by atoms with Crippen molar-refractivity contribution < 1.29 is 0 Å². The molecule has 0 aromatic carbocycles. The number of imidazole rings is 1. The summed E-state index contributed by atoms with van der Waals surface area (Å²) in [5, 5.41) is 0. The number of nitrogens with zero attached hydrogens (tertiary/aromatic N) is 2. The molecule has 2 aromatic heterocycles. The predicted octanol–water partition coefficient (Wildman–Crippen LogP) is 6.42. The van der Waals surface area contributed by atoms with Crippen molar-refractivity contribution in [1.29, 1.82) is 0 Å². The Morgan fingerprint density at radius 1 is 0.517 bits per heavy atom. The van der Waals surface area contributed by atoms with E-state index in [0.29, 0.717) is 0 Å². The molecule has 0 bridgehead atoms. The molecular weight excluding hydrogens is 354 g/mol. The molecule has 3 nitrogen and oxygen atoms in total. The zero-order chi connectivity index (χ0) is 20.2. The van der Waals surface area contributed by atoms with E-state index in [0.717, 1.165) is 11.4 Å². The smallest absolute Gasteiger partial charge is 0.129 e. The first kappa shape index (κ1) is 21.3. The number of hydrogen-bond donors (Lipinski definition) is 1. The molecule has 2 aromatic rings. The molecular formula is C26H25N3. The van der Waals surface area contributed by atoms with Crippen molar-refractivity contribution in [2.45, 2.75) is 0 Å². The quantitative estimate of drug-likeness (QED) is 0.484. The first-order chi connectivity index (χ1) is 14.4. The molecule has 0 saturated heterocycles. The van der Waals surface area contributed by atoms with E-state index in [4.69, 9.17) is 0 Å². The van der Waals surface area contributed by atoms with Gasteiger partial charge < -0.3 is 4.98 Å². The van der Waals surface area contributed by atoms with Crippen LogP contribution in [0, 0.1) is 0 Å². The number of rotatable bonds is 10. The highest BCUT2D eigenvalue weighted by Crippen LogP contribution is 1.99. The second kappa shape index (κ2) is 15.1. The van der Waals surface area contributed by atoms with Crippen LogP contribution in [0.4, 0.5) is 0 Å². The summed E-state index contributed by atoms with van der Waals surface area (Å²) in [6, 6.07) is 3.94. The van der Waals surface area contributed by atoms with Gasteiger partial charge in [-0.05, 0) is 23.8 Å². The summed E-state index contributed by atoms with van der Waals surface area (Å²) >= 11 is 0. The molecule has 0 aliphatic heterocycles. The summed E-state index contributed by atoms with van der Waals surface area (Å²) in [7, 11) is 0. The highest BCUT2D eigenvalue weighted by atomic mass is 14.9. The van der Waals surface area contributed by atoms with E-state index < -0.39 is 0 Å². The summed E-state index contributed by atoms with van der Waals surface area (Å²) in [4.78, 5) is 11.1. The molecule has 0 atom stereocenters. The van der Waals surface area contributed by atoms with E-state index in [2.05, 4.69) is 15.0 Å². The lowest BCUT2D eigenvalue weighted by molar-refractivity contribution is 1.26. The maximum atomic E-state index is 4.11. The summed E-state index contributed by atoms with van der Waals surface area (Å²) in [6.07, 6.45) is 42.8. The van der Waals surface area contributed by atoms with Gasteiger partial charge in [-0.15, -0.1) is 0 Å². The second-order valence-electron chi connectivity index (χ2n) is 5.67. The van der Waals surface area contributed by atoms with Gasteiger partial charge in [0.05, 0.1) is 0 Å². The standard InChI is InChI=1S/C26H25N3/c1(2-4-6-8-10-12-14-16-18-26-28-23-24-29-26)3-5-7-9-11-13-15-17-25-19-21-27-22-20-25/h1-24H,(H,28,29)/b2-1+,5-3+,6-4+,9-7+,10-8+,13-11+,14-12+,17-15+,18-16+. The van der Waals surface area contributed by atoms with Crippen molar-refractivity contribution in [3.05, 3.63) is 146 Å². The minimum Gasteiger partial charge on any atom is -0.345 e. The number of nitrogens with one attached hydrogen (secondary N) is 1. The van der Waals surface area contributed by atoms with Gasteiger partial charge in [-0.3, -0.25) is 4.98 Å². The van der Waals surface area contributed by atoms with E-state index in [1.54, 1.807) is 24.8 Å². The molecule has 0 aliphatic rings. The zero-order valence-corrected chi connectivity index (χ0v) is 16.3. The van der Waals surface area contributed by atoms with Gasteiger partial charge in [-0.1, -0.05) is 103 Å². The molecule has 144 valence electrons. The van der Waals surface area contributed by atoms with Crippen LogP contribution < -0.4 is 0 Å². The molecule has 0 saturated carbocycles. The summed E-state index contributed by atoms with van der Waals surface area (Å²) in [6.45, 7) is 0. The number of aromatic nitrogens is 3. The Hall–Kier alpha value is -3.98. The molecule has 29 heavy (non-hydrogen) atoms. The molecule has 0 fully saturated rings. The van der Waals surface area contributed by atoms with Crippen LogP contribution in [0.5, 0.6) is 0 Å². The van der Waals surface area contributed by atoms with Crippen LogP contribution in [-0.4, -0.2) is 15.0 Å². The molecule has 2 heterocycles. The van der Waals surface area contributed by atoms with Crippen molar-refractivity contribution in [2.75, 3.05) is 0 Å². The largest absolute Gasteiger partial charge is 0.345 e. The second-order valence-corrected chi connectivity index (χ2v) is 5.67. The lowest BCUT2D eigenvalue weighted by atomic mass is 10.2. The van der Waals surface area contributed by atoms with Crippen LogP contribution in [0.1, 0.15) is 11.4 Å². The number of aromatic amines is 1. The van der Waals surface area contributed by atoms with Crippen LogP contribution in [0.2, 0.25) is 0 Å². The van der Waals surface area contributed by atoms with Gasteiger partial charge in [0.15, 0.2) is 0 Å². The number of H-pyrrole nitrogens is 1. The van der Waals surface area contributed by atoms with E-state index in [1.807, 2.05) is 122 Å². The molecule has 1 N–H and O–H groups in total. The molecule has 3 heteroatoms. The van der Waals surface area contributed by atoms with Gasteiger partial charge in [0.25, 0.3) is 0 Å². The minimum absolute atomic E-state index is 0.848. The monoisotopic (exact) mass is 379 g/mol. The van der Waals surface area contributed by atoms with Crippen molar-refractivity contribution in [2.24, 2.45) is 0 Å². The average Bonchev–Trinajstić information content (AvgIpc) is 3.27. The average molecular weight is 380 g/mol. The number of pyridine rings is 1. The summed E-state index contributed by atoms with van der Waals surface area (Å²) < 4.78 is 0. The molecule has 2 rings (SSSR count). The van der Waals surface area contributed by atoms with Gasteiger partial charge in [-0.25, -0.2) is 4.98 Å². The SMILES string of the molecule is C(=C\C=C\C=C\C=C\C=C\c1ncc[nH]1)/C=C/C=C/C=C/C=C/c1ccncc1. The fourth-order valence-corrected chi connectivity index (χ4v) is 2.05. The van der Waals surface area contributed by atoms with Gasteiger partial charge in [0.2, 0.25) is 0 Å². The Labute approximate surface area is 172 Å². The Morgan fingerprint density at radius 3 is 1.41 bits per heavy atom. The number of allylic oxidation sites excluding steroid dienone is 16. The van der Waals surface area contributed by atoms with Crippen LogP contribution >= 0.6 is 0 Å². The van der Waals surface area contributed by atoms with Crippen LogP contribution in [-0.2, 0) is 0 Å². The van der Waals surface area contributed by atoms with Crippen LogP contribution in [0.3, 0.4) is 0 Å². The maximum Gasteiger partial charge on any atom is 0.129 e. The molecule has 0 spiro atoms. The normalized spacial score (nSPS) is 13.7. The highest BCUT2D eigenvalue weighted by Gasteiger charge is 1.81. The van der Waals surface area contributed by atoms with Gasteiger partial charge in [0.1, 0.15) is 5.82 Å². The fraction of sp³-hybridized carbons (Fsp3) is 0. The lowest BCUT2D eigenvalue weighted by Gasteiger charge is -1.87. The summed E-state index contributed by atoms with van der Waals surface area (Å²) in [5.74, 6) is 0.848. The topological polar surface area (TPSA) is 41.6 Å². The maximum absolute atomic E-state index is 4.11. The van der Waals surface area contributed by atoms with E-state index in [9.17, 15) is 0 Å². The zero-order valence-electron chi connectivity index (χ0n) is 16.3. The van der Waals surface area contributed by atoms with Gasteiger partial charge in [0, 0.05) is 24.8 Å².